The minimum absolute atomic E-state index is 0.221. The van der Waals surface area contributed by atoms with Crippen LogP contribution >= 0.6 is 0 Å². The Balaban J connectivity index is 1.48. The highest BCUT2D eigenvalue weighted by Gasteiger charge is 2.54. The number of rotatable bonds is 3. The van der Waals surface area contributed by atoms with E-state index in [0.717, 1.165) is 52.2 Å². The van der Waals surface area contributed by atoms with Crippen LogP contribution in [0.2, 0.25) is 0 Å². The molecule has 4 nitrogen and oxygen atoms in total. The van der Waals surface area contributed by atoms with Crippen LogP contribution in [0, 0.1) is 5.92 Å². The second-order valence-electron chi connectivity index (χ2n) is 7.35. The molecule has 0 spiro atoms. The molecule has 0 N–H and O–H groups in total. The zero-order valence-corrected chi connectivity index (χ0v) is 13.9. The number of morpholine rings is 1. The fraction of sp³-hybridized carbons (Fsp3) is 0.632. The lowest BCUT2D eigenvalue weighted by Gasteiger charge is -2.34. The Morgan fingerprint density at radius 1 is 1.13 bits per heavy atom. The summed E-state index contributed by atoms with van der Waals surface area (Å²) < 4.78 is 5.47. The van der Waals surface area contributed by atoms with E-state index < -0.39 is 0 Å². The van der Waals surface area contributed by atoms with Crippen molar-refractivity contribution in [2.24, 2.45) is 5.92 Å². The molecule has 3 aliphatic rings. The number of benzene rings is 1. The molecule has 1 aromatic rings. The third-order valence-corrected chi connectivity index (χ3v) is 5.86. The number of carbonyl (C=O) groups excluding carboxylic acids is 1. The van der Waals surface area contributed by atoms with Gasteiger partial charge in [-0.05, 0) is 24.3 Å². The van der Waals surface area contributed by atoms with Crippen LogP contribution in [0.3, 0.4) is 0 Å². The predicted octanol–water partition coefficient (Wildman–Crippen LogP) is 1.90. The van der Waals surface area contributed by atoms with Crippen molar-refractivity contribution in [3.63, 3.8) is 0 Å². The van der Waals surface area contributed by atoms with Gasteiger partial charge in [-0.25, -0.2) is 0 Å². The van der Waals surface area contributed by atoms with E-state index in [4.69, 9.17) is 4.74 Å². The number of amides is 1. The maximum absolute atomic E-state index is 13.2. The van der Waals surface area contributed by atoms with Crippen molar-refractivity contribution in [3.8, 4) is 0 Å². The lowest BCUT2D eigenvalue weighted by Crippen LogP contribution is -2.47. The molecule has 3 fully saturated rings. The molecule has 4 rings (SSSR count). The Labute approximate surface area is 138 Å². The summed E-state index contributed by atoms with van der Waals surface area (Å²) in [6.45, 7) is 7.72. The van der Waals surface area contributed by atoms with Crippen molar-refractivity contribution in [2.75, 3.05) is 39.4 Å². The monoisotopic (exact) mass is 314 g/mol. The third-order valence-electron chi connectivity index (χ3n) is 5.86. The fourth-order valence-corrected chi connectivity index (χ4v) is 4.31. The first kappa shape index (κ1) is 15.2. The van der Waals surface area contributed by atoms with Crippen molar-refractivity contribution in [3.05, 3.63) is 35.9 Å². The molecule has 2 aliphatic heterocycles. The topological polar surface area (TPSA) is 32.8 Å². The maximum Gasteiger partial charge on any atom is 0.233 e. The molecule has 23 heavy (non-hydrogen) atoms. The summed E-state index contributed by atoms with van der Waals surface area (Å²) in [6, 6.07) is 10.8. The second-order valence-corrected chi connectivity index (χ2v) is 7.35. The van der Waals surface area contributed by atoms with Gasteiger partial charge in [-0.15, -0.1) is 0 Å². The van der Waals surface area contributed by atoms with Crippen molar-refractivity contribution < 1.29 is 9.53 Å². The SMILES string of the molecule is CC1CN(C(=O)C2(c3ccccc3)CC2)CC1N1CCOCC1. The van der Waals surface area contributed by atoms with E-state index in [1.54, 1.807) is 0 Å². The summed E-state index contributed by atoms with van der Waals surface area (Å²) in [5.41, 5.74) is 0.980. The van der Waals surface area contributed by atoms with Gasteiger partial charge < -0.3 is 9.64 Å². The van der Waals surface area contributed by atoms with Gasteiger partial charge >= 0.3 is 0 Å². The largest absolute Gasteiger partial charge is 0.379 e. The number of likely N-dealkylation sites (tertiary alicyclic amines) is 1. The van der Waals surface area contributed by atoms with Crippen LogP contribution in [0.25, 0.3) is 0 Å². The minimum atomic E-state index is -0.221. The molecule has 124 valence electrons. The smallest absolute Gasteiger partial charge is 0.233 e. The van der Waals surface area contributed by atoms with Crippen LogP contribution in [-0.4, -0.2) is 61.1 Å². The predicted molar refractivity (Wildman–Crippen MR) is 89.3 cm³/mol. The van der Waals surface area contributed by atoms with Crippen LogP contribution in [-0.2, 0) is 14.9 Å². The van der Waals surface area contributed by atoms with Gasteiger partial charge in [0, 0.05) is 32.2 Å². The average molecular weight is 314 g/mol. The van der Waals surface area contributed by atoms with Gasteiger partial charge in [-0.3, -0.25) is 9.69 Å². The molecule has 4 heteroatoms. The highest BCUT2D eigenvalue weighted by molar-refractivity contribution is 5.91. The molecule has 1 amide bonds. The summed E-state index contributed by atoms with van der Waals surface area (Å²) in [4.78, 5) is 17.8. The van der Waals surface area contributed by atoms with Gasteiger partial charge in [0.05, 0.1) is 18.6 Å². The molecule has 1 aliphatic carbocycles. The lowest BCUT2D eigenvalue weighted by atomic mass is 9.94. The van der Waals surface area contributed by atoms with Crippen LogP contribution in [0.1, 0.15) is 25.3 Å². The Kier molecular flexibility index (Phi) is 3.90. The quantitative estimate of drug-likeness (QED) is 0.854. The highest BCUT2D eigenvalue weighted by Crippen LogP contribution is 2.50. The first-order valence-corrected chi connectivity index (χ1v) is 8.87. The van der Waals surface area contributed by atoms with E-state index in [9.17, 15) is 4.79 Å². The van der Waals surface area contributed by atoms with Crippen molar-refractivity contribution in [1.82, 2.24) is 9.80 Å². The number of hydrogen-bond acceptors (Lipinski definition) is 3. The Morgan fingerprint density at radius 3 is 2.48 bits per heavy atom. The Bertz CT molecular complexity index is 564. The summed E-state index contributed by atoms with van der Waals surface area (Å²) >= 11 is 0. The summed E-state index contributed by atoms with van der Waals surface area (Å²) in [7, 11) is 0. The van der Waals surface area contributed by atoms with E-state index in [1.807, 2.05) is 18.2 Å². The molecule has 2 atom stereocenters. The van der Waals surface area contributed by atoms with Gasteiger partial charge in [0.25, 0.3) is 0 Å². The van der Waals surface area contributed by atoms with Crippen LogP contribution in [0.15, 0.2) is 30.3 Å². The van der Waals surface area contributed by atoms with E-state index in [-0.39, 0.29) is 5.41 Å². The summed E-state index contributed by atoms with van der Waals surface area (Å²) in [5, 5.41) is 0. The molecule has 2 unspecified atom stereocenters. The minimum Gasteiger partial charge on any atom is -0.379 e. The Hall–Kier alpha value is -1.39. The van der Waals surface area contributed by atoms with E-state index in [2.05, 4.69) is 28.9 Å². The number of hydrogen-bond donors (Lipinski definition) is 0. The molecule has 2 heterocycles. The first-order valence-electron chi connectivity index (χ1n) is 8.87. The van der Waals surface area contributed by atoms with E-state index >= 15 is 0 Å². The Morgan fingerprint density at radius 2 is 1.83 bits per heavy atom. The van der Waals surface area contributed by atoms with E-state index in [1.165, 1.54) is 5.56 Å². The second kappa shape index (κ2) is 5.91. The van der Waals surface area contributed by atoms with Crippen LogP contribution in [0.5, 0.6) is 0 Å². The van der Waals surface area contributed by atoms with Crippen LogP contribution < -0.4 is 0 Å². The zero-order chi connectivity index (χ0) is 15.9. The van der Waals surface area contributed by atoms with Gasteiger partial charge in [0.1, 0.15) is 0 Å². The van der Waals surface area contributed by atoms with Gasteiger partial charge in [0.15, 0.2) is 0 Å². The lowest BCUT2D eigenvalue weighted by molar-refractivity contribution is -0.133. The molecule has 1 aromatic carbocycles. The maximum atomic E-state index is 13.2. The zero-order valence-electron chi connectivity index (χ0n) is 13.9. The number of nitrogens with zero attached hydrogens (tertiary/aromatic N) is 2. The van der Waals surface area contributed by atoms with Gasteiger partial charge in [-0.1, -0.05) is 37.3 Å². The molecular weight excluding hydrogens is 288 g/mol. The van der Waals surface area contributed by atoms with Crippen molar-refractivity contribution in [1.29, 1.82) is 0 Å². The highest BCUT2D eigenvalue weighted by atomic mass is 16.5. The van der Waals surface area contributed by atoms with Crippen molar-refractivity contribution in [2.45, 2.75) is 31.2 Å². The third kappa shape index (κ3) is 2.68. The summed E-state index contributed by atoms with van der Waals surface area (Å²) in [5.74, 6) is 0.898. The molecular formula is C19H26N2O2. The van der Waals surface area contributed by atoms with Crippen LogP contribution in [0.4, 0.5) is 0 Å². The van der Waals surface area contributed by atoms with Crippen molar-refractivity contribution >= 4 is 5.91 Å². The molecule has 0 aromatic heterocycles. The molecule has 0 radical (unpaired) electrons. The molecule has 2 saturated heterocycles. The van der Waals surface area contributed by atoms with Gasteiger partial charge in [-0.2, -0.15) is 0 Å². The number of carbonyl (C=O) groups is 1. The van der Waals surface area contributed by atoms with E-state index in [0.29, 0.717) is 17.9 Å². The standard InChI is InChI=1S/C19H26N2O2/c1-15-13-21(14-17(15)20-9-11-23-12-10-20)18(22)19(7-8-19)16-5-3-2-4-6-16/h2-6,15,17H,7-14H2,1H3. The van der Waals surface area contributed by atoms with Gasteiger partial charge in [0.2, 0.25) is 5.91 Å². The molecule has 0 bridgehead atoms. The average Bonchev–Trinajstić information content (AvgIpc) is 3.33. The first-order chi connectivity index (χ1) is 11.2. The normalized spacial score (nSPS) is 30.4. The summed E-state index contributed by atoms with van der Waals surface area (Å²) in [6.07, 6.45) is 2.01. The molecule has 1 saturated carbocycles. The number of ether oxygens (including phenoxy) is 1. The fourth-order valence-electron chi connectivity index (χ4n) is 4.31.